The molecule has 0 fully saturated rings. The summed E-state index contributed by atoms with van der Waals surface area (Å²) in [6.07, 6.45) is 0. The summed E-state index contributed by atoms with van der Waals surface area (Å²) >= 11 is 5.71. The van der Waals surface area contributed by atoms with Crippen LogP contribution < -0.4 is 10.8 Å². The molecule has 1 rings (SSSR count). The highest BCUT2D eigenvalue weighted by Gasteiger charge is 2.01. The van der Waals surface area contributed by atoms with Crippen molar-refractivity contribution in [1.29, 1.82) is 0 Å². The van der Waals surface area contributed by atoms with Gasteiger partial charge >= 0.3 is 6.03 Å². The Balaban J connectivity index is 2.31. The highest BCUT2D eigenvalue weighted by atomic mass is 35.5. The zero-order chi connectivity index (χ0) is 12.0. The number of hydrogen-bond acceptors (Lipinski definition) is 2. The molecule has 0 unspecified atom stereocenters. The van der Waals surface area contributed by atoms with Gasteiger partial charge in [-0.15, -0.1) is 0 Å². The van der Waals surface area contributed by atoms with Gasteiger partial charge in [0.25, 0.3) is 0 Å². The lowest BCUT2D eigenvalue weighted by Crippen LogP contribution is -2.30. The van der Waals surface area contributed by atoms with Crippen molar-refractivity contribution in [3.8, 4) is 0 Å². The van der Waals surface area contributed by atoms with Crippen LogP contribution in [0.3, 0.4) is 0 Å². The summed E-state index contributed by atoms with van der Waals surface area (Å²) in [5.41, 5.74) is 2.96. The summed E-state index contributed by atoms with van der Waals surface area (Å²) in [6, 6.07) is 6.43. The number of rotatable bonds is 4. The largest absolute Gasteiger partial charge is 0.343 e. The normalized spacial score (nSPS) is 10.2. The van der Waals surface area contributed by atoms with E-state index in [9.17, 15) is 4.79 Å². The average molecular weight is 243 g/mol. The van der Waals surface area contributed by atoms with E-state index in [1.54, 1.807) is 24.3 Å². The van der Waals surface area contributed by atoms with Gasteiger partial charge in [0.15, 0.2) is 0 Å². The van der Waals surface area contributed by atoms with Crippen LogP contribution in [-0.4, -0.2) is 12.6 Å². The molecule has 0 aliphatic heterocycles. The molecule has 16 heavy (non-hydrogen) atoms. The SMILES string of the molecule is CC(C)CONC(=O)Nc1ccc(Cl)cc1. The van der Waals surface area contributed by atoms with Crippen LogP contribution in [0.4, 0.5) is 10.5 Å². The van der Waals surface area contributed by atoms with Crippen molar-refractivity contribution in [3.05, 3.63) is 29.3 Å². The third kappa shape index (κ3) is 5.00. The predicted molar refractivity (Wildman–Crippen MR) is 64.4 cm³/mol. The van der Waals surface area contributed by atoms with E-state index < -0.39 is 6.03 Å². The molecule has 1 aromatic carbocycles. The minimum atomic E-state index is -0.400. The number of carbonyl (C=O) groups is 1. The van der Waals surface area contributed by atoms with Crippen LogP contribution in [0.1, 0.15) is 13.8 Å². The first-order chi connectivity index (χ1) is 7.58. The number of hydrogen-bond donors (Lipinski definition) is 2. The fraction of sp³-hybridized carbons (Fsp3) is 0.364. The summed E-state index contributed by atoms with van der Waals surface area (Å²) in [6.45, 7) is 4.48. The van der Waals surface area contributed by atoms with Crippen LogP contribution in [0.25, 0.3) is 0 Å². The third-order valence-corrected chi connectivity index (χ3v) is 1.94. The number of anilines is 1. The maximum absolute atomic E-state index is 11.3. The molecule has 0 spiro atoms. The van der Waals surface area contributed by atoms with E-state index >= 15 is 0 Å². The second-order valence-corrected chi connectivity index (χ2v) is 4.20. The molecule has 0 radical (unpaired) electrons. The van der Waals surface area contributed by atoms with E-state index in [4.69, 9.17) is 16.4 Å². The first kappa shape index (κ1) is 12.8. The van der Waals surface area contributed by atoms with E-state index in [0.29, 0.717) is 23.2 Å². The summed E-state index contributed by atoms with van der Waals surface area (Å²) in [7, 11) is 0. The number of carbonyl (C=O) groups excluding carboxylic acids is 1. The Labute approximate surface area is 99.9 Å². The number of hydroxylamine groups is 1. The highest BCUT2D eigenvalue weighted by Crippen LogP contribution is 2.12. The van der Waals surface area contributed by atoms with Gasteiger partial charge in [0.2, 0.25) is 0 Å². The molecule has 0 aliphatic carbocycles. The Morgan fingerprint density at radius 1 is 1.38 bits per heavy atom. The van der Waals surface area contributed by atoms with E-state index in [2.05, 4.69) is 10.8 Å². The molecule has 88 valence electrons. The molecular weight excluding hydrogens is 228 g/mol. The van der Waals surface area contributed by atoms with Crippen LogP contribution in [0.2, 0.25) is 5.02 Å². The van der Waals surface area contributed by atoms with E-state index in [-0.39, 0.29) is 0 Å². The van der Waals surface area contributed by atoms with Crippen molar-refractivity contribution in [2.75, 3.05) is 11.9 Å². The highest BCUT2D eigenvalue weighted by molar-refractivity contribution is 6.30. The summed E-state index contributed by atoms with van der Waals surface area (Å²) in [4.78, 5) is 16.3. The van der Waals surface area contributed by atoms with Gasteiger partial charge in [0, 0.05) is 10.7 Å². The zero-order valence-corrected chi connectivity index (χ0v) is 10.0. The van der Waals surface area contributed by atoms with Crippen LogP contribution >= 0.6 is 11.6 Å². The van der Waals surface area contributed by atoms with Crippen molar-refractivity contribution in [1.82, 2.24) is 5.48 Å². The lowest BCUT2D eigenvalue weighted by Gasteiger charge is -2.09. The molecule has 2 amide bonds. The summed E-state index contributed by atoms with van der Waals surface area (Å²) < 4.78 is 0. The number of amides is 2. The topological polar surface area (TPSA) is 50.4 Å². The number of urea groups is 1. The molecular formula is C11H15ClN2O2. The smallest absolute Gasteiger partial charge is 0.306 e. The quantitative estimate of drug-likeness (QED) is 0.798. The molecule has 0 saturated heterocycles. The van der Waals surface area contributed by atoms with Gasteiger partial charge in [-0.3, -0.25) is 4.84 Å². The van der Waals surface area contributed by atoms with Crippen LogP contribution in [0.15, 0.2) is 24.3 Å². The van der Waals surface area contributed by atoms with Crippen molar-refractivity contribution in [3.63, 3.8) is 0 Å². The second-order valence-electron chi connectivity index (χ2n) is 3.77. The van der Waals surface area contributed by atoms with Gasteiger partial charge in [-0.2, -0.15) is 0 Å². The number of nitrogens with one attached hydrogen (secondary N) is 2. The van der Waals surface area contributed by atoms with Crippen LogP contribution in [-0.2, 0) is 4.84 Å². The first-order valence-electron chi connectivity index (χ1n) is 5.02. The monoisotopic (exact) mass is 242 g/mol. The van der Waals surface area contributed by atoms with Crippen molar-refractivity contribution in [2.45, 2.75) is 13.8 Å². The van der Waals surface area contributed by atoms with E-state index in [0.717, 1.165) is 0 Å². The maximum Gasteiger partial charge on any atom is 0.343 e. The summed E-state index contributed by atoms with van der Waals surface area (Å²) in [5, 5.41) is 3.24. The Kier molecular flexibility index (Phi) is 5.08. The molecule has 0 atom stereocenters. The molecule has 1 aromatic rings. The molecule has 2 N–H and O–H groups in total. The molecule has 4 nitrogen and oxygen atoms in total. The Morgan fingerprint density at radius 3 is 2.56 bits per heavy atom. The lowest BCUT2D eigenvalue weighted by atomic mass is 10.2. The van der Waals surface area contributed by atoms with Crippen LogP contribution in [0.5, 0.6) is 0 Å². The Bertz CT molecular complexity index is 338. The fourth-order valence-electron chi connectivity index (χ4n) is 0.964. The van der Waals surface area contributed by atoms with Gasteiger partial charge < -0.3 is 5.32 Å². The molecule has 5 heteroatoms. The van der Waals surface area contributed by atoms with Gasteiger partial charge in [-0.25, -0.2) is 10.3 Å². The average Bonchev–Trinajstić information content (AvgIpc) is 2.21. The minimum absolute atomic E-state index is 0.371. The number of halogens is 1. The molecule has 0 heterocycles. The van der Waals surface area contributed by atoms with Gasteiger partial charge in [-0.05, 0) is 30.2 Å². The van der Waals surface area contributed by atoms with Gasteiger partial charge in [0.05, 0.1) is 6.61 Å². The van der Waals surface area contributed by atoms with Gasteiger partial charge in [-0.1, -0.05) is 25.4 Å². The zero-order valence-electron chi connectivity index (χ0n) is 9.29. The van der Waals surface area contributed by atoms with Gasteiger partial charge in [0.1, 0.15) is 0 Å². The van der Waals surface area contributed by atoms with E-state index in [1.807, 2.05) is 13.8 Å². The number of benzene rings is 1. The summed E-state index contributed by atoms with van der Waals surface area (Å²) in [5.74, 6) is 0.371. The first-order valence-corrected chi connectivity index (χ1v) is 5.40. The van der Waals surface area contributed by atoms with Crippen molar-refractivity contribution in [2.24, 2.45) is 5.92 Å². The maximum atomic E-state index is 11.3. The third-order valence-electron chi connectivity index (χ3n) is 1.68. The second kappa shape index (κ2) is 6.35. The van der Waals surface area contributed by atoms with E-state index in [1.165, 1.54) is 0 Å². The van der Waals surface area contributed by atoms with Crippen LogP contribution in [0, 0.1) is 5.92 Å². The molecule has 0 aliphatic rings. The van der Waals surface area contributed by atoms with Crippen molar-refractivity contribution >= 4 is 23.3 Å². The predicted octanol–water partition coefficient (Wildman–Crippen LogP) is 3.05. The molecule has 0 aromatic heterocycles. The standard InChI is InChI=1S/C11H15ClN2O2/c1-8(2)7-16-14-11(15)13-10-5-3-9(12)4-6-10/h3-6,8H,7H2,1-2H3,(H2,13,14,15). The Morgan fingerprint density at radius 2 is 2.00 bits per heavy atom. The fourth-order valence-corrected chi connectivity index (χ4v) is 1.09. The lowest BCUT2D eigenvalue weighted by molar-refractivity contribution is 0.0482. The molecule has 0 saturated carbocycles. The van der Waals surface area contributed by atoms with Crippen molar-refractivity contribution < 1.29 is 9.63 Å². The minimum Gasteiger partial charge on any atom is -0.306 e. The Hall–Kier alpha value is -1.26. The molecule has 0 bridgehead atoms.